The summed E-state index contributed by atoms with van der Waals surface area (Å²) in [5, 5.41) is 2.69. The summed E-state index contributed by atoms with van der Waals surface area (Å²) in [6, 6.07) is 12.2. The van der Waals surface area contributed by atoms with Gasteiger partial charge in [-0.1, -0.05) is 12.1 Å². The lowest BCUT2D eigenvalue weighted by Gasteiger charge is -2.09. The molecule has 0 radical (unpaired) electrons. The minimum Gasteiger partial charge on any atom is -0.493 e. The number of carbonyl (C=O) groups is 2. The van der Waals surface area contributed by atoms with Crippen LogP contribution in [-0.4, -0.2) is 18.9 Å². The van der Waals surface area contributed by atoms with Gasteiger partial charge < -0.3 is 18.6 Å². The molecule has 1 aliphatic rings. The highest BCUT2D eigenvalue weighted by Crippen LogP contribution is 2.40. The standard InChI is InChI=1S/C25H18O6S/c1-13-9-10-32-21(13)12-19-22(26)16-7-8-17(14(2)23(16)29-19)31-25(27)20-11-15-5-4-6-18(28-3)24(15)30-20/h4-12H,1-3H3/b19-12-. The maximum Gasteiger partial charge on any atom is 0.379 e. The number of allylic oxidation sites excluding steroid dienone is 1. The van der Waals surface area contributed by atoms with E-state index in [0.29, 0.717) is 34.0 Å². The van der Waals surface area contributed by atoms with Crippen LogP contribution in [0.4, 0.5) is 0 Å². The number of esters is 1. The number of Topliss-reactive ketones (excluding diaryl/α,β-unsaturated/α-hetero) is 1. The van der Waals surface area contributed by atoms with E-state index in [1.54, 1.807) is 37.3 Å². The van der Waals surface area contributed by atoms with Gasteiger partial charge in [-0.05, 0) is 55.1 Å². The predicted molar refractivity (Wildman–Crippen MR) is 121 cm³/mol. The first kappa shape index (κ1) is 20.1. The highest BCUT2D eigenvalue weighted by molar-refractivity contribution is 7.11. The van der Waals surface area contributed by atoms with Crippen molar-refractivity contribution in [3.05, 3.63) is 80.9 Å². The van der Waals surface area contributed by atoms with Gasteiger partial charge in [-0.25, -0.2) is 4.79 Å². The summed E-state index contributed by atoms with van der Waals surface area (Å²) in [4.78, 5) is 26.5. The lowest BCUT2D eigenvalue weighted by Crippen LogP contribution is -2.08. The first-order valence-electron chi connectivity index (χ1n) is 9.87. The monoisotopic (exact) mass is 446 g/mol. The van der Waals surface area contributed by atoms with Crippen LogP contribution in [0.5, 0.6) is 17.2 Å². The van der Waals surface area contributed by atoms with Crippen molar-refractivity contribution in [2.24, 2.45) is 0 Å². The van der Waals surface area contributed by atoms with Crippen molar-refractivity contribution in [2.75, 3.05) is 7.11 Å². The molecule has 160 valence electrons. The molecule has 2 aromatic carbocycles. The molecule has 0 N–H and O–H groups in total. The fourth-order valence-corrected chi connectivity index (χ4v) is 4.43. The largest absolute Gasteiger partial charge is 0.493 e. The van der Waals surface area contributed by atoms with Crippen LogP contribution in [0.3, 0.4) is 0 Å². The highest BCUT2D eigenvalue weighted by Gasteiger charge is 2.31. The molecule has 3 heterocycles. The first-order valence-corrected chi connectivity index (χ1v) is 10.7. The SMILES string of the molecule is COc1cccc2cc(C(=O)Oc3ccc4c(c3C)O/C(=C\c3sccc3C)C4=O)oc12. The fraction of sp³-hybridized carbons (Fsp3) is 0.120. The third-order valence-electron chi connectivity index (χ3n) is 5.33. The predicted octanol–water partition coefficient (Wildman–Crippen LogP) is 5.96. The summed E-state index contributed by atoms with van der Waals surface area (Å²) in [6.45, 7) is 3.72. The van der Waals surface area contributed by atoms with Crippen molar-refractivity contribution < 1.29 is 28.2 Å². The Morgan fingerprint density at radius 2 is 1.94 bits per heavy atom. The van der Waals surface area contributed by atoms with Gasteiger partial charge in [-0.3, -0.25) is 4.79 Å². The normalized spacial score (nSPS) is 14.0. The summed E-state index contributed by atoms with van der Waals surface area (Å²) in [5.41, 5.74) is 2.55. The number of aryl methyl sites for hydroxylation is 1. The highest BCUT2D eigenvalue weighted by atomic mass is 32.1. The maximum atomic E-state index is 12.8. The Balaban J connectivity index is 1.43. The number of benzene rings is 2. The lowest BCUT2D eigenvalue weighted by molar-refractivity contribution is 0.0702. The summed E-state index contributed by atoms with van der Waals surface area (Å²) < 4.78 is 22.4. The average Bonchev–Trinajstić information content (AvgIpc) is 3.48. The van der Waals surface area contributed by atoms with Crippen LogP contribution < -0.4 is 14.2 Å². The van der Waals surface area contributed by atoms with Crippen LogP contribution in [-0.2, 0) is 0 Å². The topological polar surface area (TPSA) is 75.0 Å². The quantitative estimate of drug-likeness (QED) is 0.219. The van der Waals surface area contributed by atoms with Gasteiger partial charge in [0.05, 0.1) is 12.7 Å². The Hall–Kier alpha value is -3.84. The molecule has 1 aliphatic heterocycles. The van der Waals surface area contributed by atoms with E-state index in [-0.39, 0.29) is 17.3 Å². The first-order chi connectivity index (χ1) is 15.5. The number of methoxy groups -OCH3 is 1. The molecule has 0 saturated carbocycles. The number of ketones is 1. The van der Waals surface area contributed by atoms with Crippen LogP contribution in [0.25, 0.3) is 17.0 Å². The number of rotatable bonds is 4. The molecule has 0 bridgehead atoms. The van der Waals surface area contributed by atoms with Crippen molar-refractivity contribution in [3.63, 3.8) is 0 Å². The second kappa shape index (κ2) is 7.69. The van der Waals surface area contributed by atoms with E-state index in [0.717, 1.165) is 15.8 Å². The van der Waals surface area contributed by atoms with E-state index < -0.39 is 5.97 Å². The third kappa shape index (κ3) is 3.27. The van der Waals surface area contributed by atoms with Gasteiger partial charge in [0.2, 0.25) is 11.5 Å². The Bertz CT molecular complexity index is 1420. The summed E-state index contributed by atoms with van der Waals surface area (Å²) in [5.74, 6) is 0.674. The van der Waals surface area contributed by atoms with E-state index in [9.17, 15) is 9.59 Å². The molecule has 0 saturated heterocycles. The average molecular weight is 446 g/mol. The van der Waals surface area contributed by atoms with E-state index in [2.05, 4.69) is 0 Å². The Kier molecular flexibility index (Phi) is 4.83. The number of thiophene rings is 1. The zero-order valence-electron chi connectivity index (χ0n) is 17.6. The number of furan rings is 1. The molecule has 0 atom stereocenters. The molecule has 0 amide bonds. The second-order valence-corrected chi connectivity index (χ2v) is 8.30. The molecule has 0 unspecified atom stereocenters. The molecule has 4 aromatic rings. The summed E-state index contributed by atoms with van der Waals surface area (Å²) >= 11 is 1.54. The zero-order valence-corrected chi connectivity index (χ0v) is 18.4. The van der Waals surface area contributed by atoms with Gasteiger partial charge in [-0.15, -0.1) is 11.3 Å². The molecule has 32 heavy (non-hydrogen) atoms. The molecular formula is C25H18O6S. The maximum absolute atomic E-state index is 12.8. The molecule has 0 spiro atoms. The second-order valence-electron chi connectivity index (χ2n) is 7.35. The molecule has 2 aromatic heterocycles. The number of hydrogen-bond acceptors (Lipinski definition) is 7. The smallest absolute Gasteiger partial charge is 0.379 e. The molecule has 0 fully saturated rings. The van der Waals surface area contributed by atoms with Crippen LogP contribution >= 0.6 is 11.3 Å². The van der Waals surface area contributed by atoms with Crippen molar-refractivity contribution in [2.45, 2.75) is 13.8 Å². The minimum absolute atomic E-state index is 0.0511. The summed E-state index contributed by atoms with van der Waals surface area (Å²) in [7, 11) is 1.53. The molecule has 6 nitrogen and oxygen atoms in total. The van der Waals surface area contributed by atoms with Crippen molar-refractivity contribution >= 4 is 40.1 Å². The number of carbonyl (C=O) groups excluding carboxylic acids is 2. The lowest BCUT2D eigenvalue weighted by atomic mass is 10.1. The molecule has 7 heteroatoms. The van der Waals surface area contributed by atoms with Gasteiger partial charge in [0.1, 0.15) is 11.5 Å². The van der Waals surface area contributed by atoms with Crippen molar-refractivity contribution in [1.29, 1.82) is 0 Å². The van der Waals surface area contributed by atoms with Gasteiger partial charge in [0, 0.05) is 21.9 Å². The third-order valence-corrected chi connectivity index (χ3v) is 6.30. The van der Waals surface area contributed by atoms with Crippen LogP contribution in [0.15, 0.2) is 58.0 Å². The Morgan fingerprint density at radius 1 is 1.09 bits per heavy atom. The van der Waals surface area contributed by atoms with Crippen LogP contribution in [0.2, 0.25) is 0 Å². The number of ether oxygens (including phenoxy) is 3. The number of para-hydroxylation sites is 1. The van der Waals surface area contributed by atoms with Gasteiger partial charge >= 0.3 is 5.97 Å². The van der Waals surface area contributed by atoms with Crippen molar-refractivity contribution in [3.8, 4) is 17.2 Å². The van der Waals surface area contributed by atoms with E-state index in [1.807, 2.05) is 30.5 Å². The van der Waals surface area contributed by atoms with Crippen LogP contribution in [0.1, 0.15) is 36.9 Å². The van der Waals surface area contributed by atoms with E-state index in [4.69, 9.17) is 18.6 Å². The molecular weight excluding hydrogens is 428 g/mol. The Labute approximate surface area is 187 Å². The zero-order chi connectivity index (χ0) is 22.4. The number of hydrogen-bond donors (Lipinski definition) is 0. The van der Waals surface area contributed by atoms with Crippen molar-refractivity contribution in [1.82, 2.24) is 0 Å². The molecule has 5 rings (SSSR count). The Morgan fingerprint density at radius 3 is 2.69 bits per heavy atom. The number of fused-ring (bicyclic) bond motifs is 2. The van der Waals surface area contributed by atoms with E-state index in [1.165, 1.54) is 18.4 Å². The van der Waals surface area contributed by atoms with E-state index >= 15 is 0 Å². The molecule has 0 aliphatic carbocycles. The minimum atomic E-state index is -0.652. The van der Waals surface area contributed by atoms with Gasteiger partial charge in [0.25, 0.3) is 0 Å². The van der Waals surface area contributed by atoms with Gasteiger partial charge in [-0.2, -0.15) is 0 Å². The van der Waals surface area contributed by atoms with Crippen LogP contribution in [0, 0.1) is 13.8 Å². The van der Waals surface area contributed by atoms with Gasteiger partial charge in [0.15, 0.2) is 17.1 Å². The summed E-state index contributed by atoms with van der Waals surface area (Å²) in [6.07, 6.45) is 1.75. The fourth-order valence-electron chi connectivity index (χ4n) is 3.58.